The number of hydrogen-bond acceptors (Lipinski definition) is 4. The van der Waals surface area contributed by atoms with Crippen molar-refractivity contribution in [3.05, 3.63) is 71.0 Å². The van der Waals surface area contributed by atoms with Crippen molar-refractivity contribution >= 4 is 15.9 Å². The molecule has 5 nitrogen and oxygen atoms in total. The van der Waals surface area contributed by atoms with Crippen LogP contribution in [0, 0.1) is 5.82 Å². The van der Waals surface area contributed by atoms with E-state index >= 15 is 0 Å². The third-order valence-corrected chi connectivity index (χ3v) is 4.72. The van der Waals surface area contributed by atoms with Crippen molar-refractivity contribution in [2.75, 3.05) is 5.75 Å². The first kappa shape index (κ1) is 18.1. The molecule has 0 saturated carbocycles. The molecule has 0 aliphatic carbocycles. The van der Waals surface area contributed by atoms with E-state index in [-0.39, 0.29) is 18.6 Å². The molecule has 2 rings (SSSR count). The van der Waals surface area contributed by atoms with Crippen molar-refractivity contribution in [2.45, 2.75) is 19.4 Å². The minimum absolute atomic E-state index is 0.0377. The Balaban J connectivity index is 1.89. The maximum absolute atomic E-state index is 13.1. The second kappa shape index (κ2) is 8.03. The number of benzene rings is 2. The Bertz CT molecular complexity index is 805. The van der Waals surface area contributed by atoms with Gasteiger partial charge in [-0.3, -0.25) is 9.52 Å². The molecular weight excluding hydrogens is 331 g/mol. The number of amides is 1. The number of aryl methyl sites for hydroxylation is 1. The van der Waals surface area contributed by atoms with Gasteiger partial charge in [0, 0.05) is 6.54 Å². The van der Waals surface area contributed by atoms with Gasteiger partial charge in [0.2, 0.25) is 15.9 Å². The van der Waals surface area contributed by atoms with E-state index < -0.39 is 21.7 Å². The van der Waals surface area contributed by atoms with E-state index in [0.717, 1.165) is 5.56 Å². The summed E-state index contributed by atoms with van der Waals surface area (Å²) >= 11 is 0. The van der Waals surface area contributed by atoms with Crippen LogP contribution >= 0.6 is 0 Å². The molecule has 0 heterocycles. The molecule has 7 heteroatoms. The molecule has 0 aromatic heterocycles. The van der Waals surface area contributed by atoms with Gasteiger partial charge in [0.25, 0.3) is 0 Å². The van der Waals surface area contributed by atoms with Crippen molar-refractivity contribution in [2.24, 2.45) is 5.73 Å². The highest BCUT2D eigenvalue weighted by molar-refractivity contribution is 7.90. The molecule has 0 saturated heterocycles. The lowest BCUT2D eigenvalue weighted by Gasteiger charge is -2.08. The van der Waals surface area contributed by atoms with E-state index in [1.54, 1.807) is 30.3 Å². The molecule has 0 aliphatic rings. The summed E-state index contributed by atoms with van der Waals surface area (Å²) in [6.07, 6.45) is 0.0929. The summed E-state index contributed by atoms with van der Waals surface area (Å²) in [5.41, 5.74) is 7.68. The van der Waals surface area contributed by atoms with Crippen molar-refractivity contribution < 1.29 is 17.6 Å². The van der Waals surface area contributed by atoms with Crippen LogP contribution in [0.15, 0.2) is 48.5 Å². The predicted octanol–water partition coefficient (Wildman–Crippen LogP) is 1.52. The summed E-state index contributed by atoms with van der Waals surface area (Å²) in [6, 6.07) is 12.8. The lowest BCUT2D eigenvalue weighted by Crippen LogP contribution is -2.34. The monoisotopic (exact) mass is 350 g/mol. The number of sulfonamides is 1. The first-order chi connectivity index (χ1) is 11.4. The van der Waals surface area contributed by atoms with Gasteiger partial charge in [0.1, 0.15) is 5.82 Å². The predicted molar refractivity (Wildman–Crippen MR) is 90.1 cm³/mol. The lowest BCUT2D eigenvalue weighted by atomic mass is 10.1. The number of nitrogens with two attached hydrogens (primary N) is 1. The number of nitrogens with one attached hydrogen (secondary N) is 1. The van der Waals surface area contributed by atoms with Gasteiger partial charge >= 0.3 is 0 Å². The molecule has 0 spiro atoms. The Kier molecular flexibility index (Phi) is 6.05. The summed E-state index contributed by atoms with van der Waals surface area (Å²) in [6.45, 7) is 0.404. The van der Waals surface area contributed by atoms with E-state index in [2.05, 4.69) is 0 Å². The number of carbonyl (C=O) groups excluding carboxylic acids is 1. The Hall–Kier alpha value is -2.25. The average molecular weight is 350 g/mol. The maximum Gasteiger partial charge on any atom is 0.237 e. The van der Waals surface area contributed by atoms with Gasteiger partial charge in [0.05, 0.1) is 12.2 Å². The van der Waals surface area contributed by atoms with Crippen molar-refractivity contribution in [1.29, 1.82) is 0 Å². The summed E-state index contributed by atoms with van der Waals surface area (Å²) in [5, 5.41) is 0. The molecule has 0 atom stereocenters. The van der Waals surface area contributed by atoms with Crippen LogP contribution in [-0.4, -0.2) is 20.1 Å². The Morgan fingerprint density at radius 2 is 1.71 bits per heavy atom. The molecule has 24 heavy (non-hydrogen) atoms. The van der Waals surface area contributed by atoms with Gasteiger partial charge in [-0.25, -0.2) is 12.8 Å². The summed E-state index contributed by atoms with van der Waals surface area (Å²) in [4.78, 5) is 11.9. The standard InChI is InChI=1S/C17H19FN2O3S/c18-16-3-1-2-13(10-16)8-9-24(22,23)20-17(21)11-14-4-6-15(12-19)7-5-14/h1-7,10H,8-9,11-12,19H2,(H,20,21). The zero-order valence-electron chi connectivity index (χ0n) is 13.0. The van der Waals surface area contributed by atoms with E-state index in [9.17, 15) is 17.6 Å². The van der Waals surface area contributed by atoms with E-state index in [1.165, 1.54) is 18.2 Å². The smallest absolute Gasteiger partial charge is 0.237 e. The SMILES string of the molecule is NCc1ccc(CC(=O)NS(=O)(=O)CCc2cccc(F)c2)cc1. The Labute approximate surface area is 140 Å². The Morgan fingerprint density at radius 1 is 1.04 bits per heavy atom. The molecular formula is C17H19FN2O3S. The molecule has 0 unspecified atom stereocenters. The van der Waals surface area contributed by atoms with Crippen LogP contribution in [0.5, 0.6) is 0 Å². The lowest BCUT2D eigenvalue weighted by molar-refractivity contribution is -0.118. The minimum atomic E-state index is -3.77. The molecule has 3 N–H and O–H groups in total. The van der Waals surface area contributed by atoms with Crippen LogP contribution in [0.2, 0.25) is 0 Å². The normalized spacial score (nSPS) is 11.2. The van der Waals surface area contributed by atoms with Crippen molar-refractivity contribution in [3.63, 3.8) is 0 Å². The maximum atomic E-state index is 13.1. The molecule has 128 valence electrons. The van der Waals surface area contributed by atoms with Crippen LogP contribution in [0.3, 0.4) is 0 Å². The molecule has 0 aliphatic heterocycles. The fraction of sp³-hybridized carbons (Fsp3) is 0.235. The fourth-order valence-corrected chi connectivity index (χ4v) is 3.21. The van der Waals surface area contributed by atoms with Gasteiger partial charge in [-0.05, 0) is 35.2 Å². The van der Waals surface area contributed by atoms with Crippen molar-refractivity contribution in [1.82, 2.24) is 4.72 Å². The zero-order chi connectivity index (χ0) is 17.6. The van der Waals surface area contributed by atoms with Crippen LogP contribution in [0.25, 0.3) is 0 Å². The second-order valence-corrected chi connectivity index (χ2v) is 7.26. The van der Waals surface area contributed by atoms with Gasteiger partial charge < -0.3 is 5.73 Å². The number of rotatable bonds is 7. The Morgan fingerprint density at radius 3 is 2.33 bits per heavy atom. The topological polar surface area (TPSA) is 89.3 Å². The molecule has 2 aromatic rings. The summed E-state index contributed by atoms with van der Waals surface area (Å²) < 4.78 is 39.0. The number of hydrogen-bond donors (Lipinski definition) is 2. The third kappa shape index (κ3) is 5.75. The van der Waals surface area contributed by atoms with Crippen LogP contribution in [-0.2, 0) is 34.2 Å². The fourth-order valence-electron chi connectivity index (χ4n) is 2.18. The average Bonchev–Trinajstić information content (AvgIpc) is 2.53. The van der Waals surface area contributed by atoms with Crippen LogP contribution < -0.4 is 10.5 Å². The van der Waals surface area contributed by atoms with Gasteiger partial charge in [-0.1, -0.05) is 36.4 Å². The molecule has 0 bridgehead atoms. The highest BCUT2D eigenvalue weighted by Gasteiger charge is 2.15. The zero-order valence-corrected chi connectivity index (χ0v) is 13.9. The second-order valence-electron chi connectivity index (χ2n) is 5.42. The quantitative estimate of drug-likeness (QED) is 0.792. The molecule has 2 aromatic carbocycles. The molecule has 1 amide bonds. The van der Waals surface area contributed by atoms with Crippen molar-refractivity contribution in [3.8, 4) is 0 Å². The van der Waals surface area contributed by atoms with E-state index in [0.29, 0.717) is 17.7 Å². The highest BCUT2D eigenvalue weighted by atomic mass is 32.2. The van der Waals surface area contributed by atoms with Gasteiger partial charge in [-0.2, -0.15) is 0 Å². The van der Waals surface area contributed by atoms with E-state index in [1.807, 2.05) is 4.72 Å². The van der Waals surface area contributed by atoms with E-state index in [4.69, 9.17) is 5.73 Å². The van der Waals surface area contributed by atoms with Crippen LogP contribution in [0.1, 0.15) is 16.7 Å². The highest BCUT2D eigenvalue weighted by Crippen LogP contribution is 2.07. The van der Waals surface area contributed by atoms with Crippen LogP contribution in [0.4, 0.5) is 4.39 Å². The largest absolute Gasteiger partial charge is 0.326 e. The first-order valence-corrected chi connectivity index (χ1v) is 9.09. The third-order valence-electron chi connectivity index (χ3n) is 3.44. The van der Waals surface area contributed by atoms with Gasteiger partial charge in [0.15, 0.2) is 0 Å². The summed E-state index contributed by atoms with van der Waals surface area (Å²) in [5.74, 6) is -1.31. The minimum Gasteiger partial charge on any atom is -0.326 e. The van der Waals surface area contributed by atoms with Gasteiger partial charge in [-0.15, -0.1) is 0 Å². The number of carbonyl (C=O) groups is 1. The summed E-state index contributed by atoms with van der Waals surface area (Å²) in [7, 11) is -3.77. The first-order valence-electron chi connectivity index (χ1n) is 7.43. The number of halogens is 1. The molecule has 0 fully saturated rings. The molecule has 0 radical (unpaired) electrons.